The largest absolute Gasteiger partial charge is 0.454 e. The van der Waals surface area contributed by atoms with Crippen LogP contribution < -0.4 is 20.1 Å². The molecule has 0 aromatic heterocycles. The van der Waals surface area contributed by atoms with Crippen LogP contribution in [0, 0.1) is 0 Å². The molecule has 0 unspecified atom stereocenters. The number of ether oxygens (including phenoxy) is 2. The molecule has 2 aromatic rings. The molecule has 0 bridgehead atoms. The van der Waals surface area contributed by atoms with Crippen molar-refractivity contribution < 1.29 is 23.9 Å². The molecule has 9 nitrogen and oxygen atoms in total. The Morgan fingerprint density at radius 3 is 2.62 bits per heavy atom. The van der Waals surface area contributed by atoms with Crippen molar-refractivity contribution in [1.29, 1.82) is 0 Å². The number of anilines is 1. The van der Waals surface area contributed by atoms with E-state index in [-0.39, 0.29) is 30.9 Å². The molecule has 3 heterocycles. The molecule has 176 valence electrons. The highest BCUT2D eigenvalue weighted by Crippen LogP contribution is 2.32. The van der Waals surface area contributed by atoms with E-state index in [2.05, 4.69) is 20.5 Å². The molecule has 0 radical (unpaired) electrons. The quantitative estimate of drug-likeness (QED) is 0.654. The van der Waals surface area contributed by atoms with Gasteiger partial charge < -0.3 is 25.0 Å². The van der Waals surface area contributed by atoms with E-state index in [1.54, 1.807) is 24.3 Å². The summed E-state index contributed by atoms with van der Waals surface area (Å²) >= 11 is 1.37. The number of nitrogens with one attached hydrogen (secondary N) is 2. The number of thioether (sulfide) groups is 1. The van der Waals surface area contributed by atoms with E-state index in [1.807, 2.05) is 18.2 Å². The monoisotopic (exact) mass is 480 g/mol. The van der Waals surface area contributed by atoms with E-state index < -0.39 is 5.25 Å². The highest BCUT2D eigenvalue weighted by Gasteiger charge is 2.33. The SMILES string of the molecule is O=C(C[C@H]1SC(N2CCCC2)=NC1=O)Nc1ccc(C(=O)NCc2ccc3c(c2)OCO3)cc1. The van der Waals surface area contributed by atoms with Crippen molar-refractivity contribution in [1.82, 2.24) is 10.2 Å². The van der Waals surface area contributed by atoms with Gasteiger partial charge in [-0.05, 0) is 54.8 Å². The molecule has 10 heteroatoms. The minimum atomic E-state index is -0.489. The number of amides is 3. The Labute approximate surface area is 200 Å². The Bertz CT molecular complexity index is 1140. The zero-order valence-electron chi connectivity index (χ0n) is 18.4. The number of likely N-dealkylation sites (tertiary alicyclic amines) is 1. The summed E-state index contributed by atoms with van der Waals surface area (Å²) in [5.74, 6) is 0.627. The number of carbonyl (C=O) groups excluding carboxylic acids is 3. The predicted molar refractivity (Wildman–Crippen MR) is 128 cm³/mol. The Morgan fingerprint density at radius 1 is 1.06 bits per heavy atom. The van der Waals surface area contributed by atoms with Crippen molar-refractivity contribution >= 4 is 40.3 Å². The Hall–Kier alpha value is -3.53. The number of amidine groups is 1. The molecule has 3 aliphatic heterocycles. The highest BCUT2D eigenvalue weighted by molar-refractivity contribution is 8.15. The molecular formula is C24H24N4O5S. The first kappa shape index (κ1) is 22.3. The van der Waals surface area contributed by atoms with Crippen molar-refractivity contribution in [3.8, 4) is 11.5 Å². The average Bonchev–Trinajstić information content (AvgIpc) is 3.59. The number of hydrogen-bond donors (Lipinski definition) is 2. The summed E-state index contributed by atoms with van der Waals surface area (Å²) in [5.41, 5.74) is 1.94. The van der Waals surface area contributed by atoms with Gasteiger partial charge in [0.2, 0.25) is 12.7 Å². The fourth-order valence-electron chi connectivity index (χ4n) is 3.97. The number of fused-ring (bicyclic) bond motifs is 1. The Kier molecular flexibility index (Phi) is 6.39. The maximum absolute atomic E-state index is 12.5. The number of benzene rings is 2. The second-order valence-corrected chi connectivity index (χ2v) is 9.40. The van der Waals surface area contributed by atoms with E-state index in [0.29, 0.717) is 29.3 Å². The van der Waals surface area contributed by atoms with Crippen LogP contribution in [0.2, 0.25) is 0 Å². The zero-order chi connectivity index (χ0) is 23.5. The lowest BCUT2D eigenvalue weighted by atomic mass is 10.1. The minimum Gasteiger partial charge on any atom is -0.454 e. The van der Waals surface area contributed by atoms with E-state index >= 15 is 0 Å². The van der Waals surface area contributed by atoms with E-state index in [4.69, 9.17) is 9.47 Å². The molecule has 5 rings (SSSR count). The van der Waals surface area contributed by atoms with Gasteiger partial charge in [-0.1, -0.05) is 17.8 Å². The number of hydrogen-bond acceptors (Lipinski definition) is 7. The maximum Gasteiger partial charge on any atom is 0.262 e. The van der Waals surface area contributed by atoms with Crippen molar-refractivity contribution in [2.24, 2.45) is 4.99 Å². The summed E-state index contributed by atoms with van der Waals surface area (Å²) in [6.07, 6.45) is 2.26. The van der Waals surface area contributed by atoms with Crippen LogP contribution in [0.1, 0.15) is 35.2 Å². The van der Waals surface area contributed by atoms with Crippen LogP contribution in [-0.4, -0.2) is 52.9 Å². The van der Waals surface area contributed by atoms with Crippen molar-refractivity contribution in [2.45, 2.75) is 31.1 Å². The third-order valence-corrected chi connectivity index (χ3v) is 7.01. The van der Waals surface area contributed by atoms with Crippen LogP contribution in [0.25, 0.3) is 0 Å². The average molecular weight is 481 g/mol. The van der Waals surface area contributed by atoms with Crippen molar-refractivity contribution in [3.05, 3.63) is 53.6 Å². The van der Waals surface area contributed by atoms with Gasteiger partial charge in [0.25, 0.3) is 11.8 Å². The summed E-state index contributed by atoms with van der Waals surface area (Å²) in [6.45, 7) is 2.38. The van der Waals surface area contributed by atoms with E-state index in [9.17, 15) is 14.4 Å². The van der Waals surface area contributed by atoms with Gasteiger partial charge in [0.1, 0.15) is 5.25 Å². The second-order valence-electron chi connectivity index (χ2n) is 8.23. The van der Waals surface area contributed by atoms with Gasteiger partial charge in [0.15, 0.2) is 16.7 Å². The standard InChI is InChI=1S/C24H24N4O5S/c29-21(12-20-23(31)27-24(34-20)28-9-1-2-10-28)26-17-6-4-16(5-7-17)22(30)25-13-15-3-8-18-19(11-15)33-14-32-18/h3-8,11,20H,1-2,9-10,12-14H2,(H,25,30)(H,26,29)/t20-/m1/s1. The number of rotatable bonds is 6. The van der Waals surface area contributed by atoms with E-state index in [1.165, 1.54) is 11.8 Å². The fraction of sp³-hybridized carbons (Fsp3) is 0.333. The molecule has 2 aromatic carbocycles. The van der Waals surface area contributed by atoms with Crippen molar-refractivity contribution in [2.75, 3.05) is 25.2 Å². The third kappa shape index (κ3) is 5.01. The van der Waals surface area contributed by atoms with Crippen LogP contribution in [0.4, 0.5) is 5.69 Å². The fourth-order valence-corrected chi connectivity index (χ4v) is 5.09. The van der Waals surface area contributed by atoms with Gasteiger partial charge in [-0.25, -0.2) is 0 Å². The molecule has 1 atom stereocenters. The van der Waals surface area contributed by atoms with Gasteiger partial charge in [0, 0.05) is 37.3 Å². The summed E-state index contributed by atoms with van der Waals surface area (Å²) in [5, 5.41) is 5.91. The molecule has 0 spiro atoms. The summed E-state index contributed by atoms with van der Waals surface area (Å²) in [7, 11) is 0. The van der Waals surface area contributed by atoms with Crippen LogP contribution in [-0.2, 0) is 16.1 Å². The Balaban J connectivity index is 1.10. The predicted octanol–water partition coefficient (Wildman–Crippen LogP) is 2.77. The molecule has 1 saturated heterocycles. The smallest absolute Gasteiger partial charge is 0.262 e. The summed E-state index contributed by atoms with van der Waals surface area (Å²) in [4.78, 5) is 43.4. The summed E-state index contributed by atoms with van der Waals surface area (Å²) < 4.78 is 10.6. The molecule has 1 fully saturated rings. The zero-order valence-corrected chi connectivity index (χ0v) is 19.2. The lowest BCUT2D eigenvalue weighted by molar-refractivity contribution is -0.121. The number of carbonyl (C=O) groups is 3. The molecule has 3 aliphatic rings. The van der Waals surface area contributed by atoms with Gasteiger partial charge in [-0.2, -0.15) is 4.99 Å². The summed E-state index contributed by atoms with van der Waals surface area (Å²) in [6, 6.07) is 12.2. The molecule has 0 aliphatic carbocycles. The van der Waals surface area contributed by atoms with Crippen LogP contribution in [0.5, 0.6) is 11.5 Å². The first-order chi connectivity index (χ1) is 16.5. The van der Waals surface area contributed by atoms with E-state index in [0.717, 1.165) is 36.7 Å². The lowest BCUT2D eigenvalue weighted by Gasteiger charge is -2.16. The highest BCUT2D eigenvalue weighted by atomic mass is 32.2. The number of aliphatic imine (C=N–C) groups is 1. The van der Waals surface area contributed by atoms with Crippen LogP contribution in [0.3, 0.4) is 0 Å². The normalized spacial score (nSPS) is 18.7. The number of nitrogens with zero attached hydrogens (tertiary/aromatic N) is 2. The van der Waals surface area contributed by atoms with Gasteiger partial charge in [0.05, 0.1) is 0 Å². The van der Waals surface area contributed by atoms with Gasteiger partial charge >= 0.3 is 0 Å². The second kappa shape index (κ2) is 9.76. The van der Waals surface area contributed by atoms with Gasteiger partial charge in [-0.15, -0.1) is 0 Å². The van der Waals surface area contributed by atoms with Crippen LogP contribution in [0.15, 0.2) is 47.5 Å². The maximum atomic E-state index is 12.5. The third-order valence-electron chi connectivity index (χ3n) is 5.80. The molecule has 2 N–H and O–H groups in total. The lowest BCUT2D eigenvalue weighted by Crippen LogP contribution is -2.25. The molecule has 0 saturated carbocycles. The molecular weight excluding hydrogens is 456 g/mol. The van der Waals surface area contributed by atoms with Crippen molar-refractivity contribution in [3.63, 3.8) is 0 Å². The Morgan fingerprint density at radius 2 is 1.82 bits per heavy atom. The van der Waals surface area contributed by atoms with Gasteiger partial charge in [-0.3, -0.25) is 14.4 Å². The van der Waals surface area contributed by atoms with Crippen LogP contribution >= 0.6 is 11.8 Å². The topological polar surface area (TPSA) is 109 Å². The molecule has 34 heavy (non-hydrogen) atoms. The first-order valence-corrected chi connectivity index (χ1v) is 12.0. The minimum absolute atomic E-state index is 0.0576. The first-order valence-electron chi connectivity index (χ1n) is 11.2. The molecule has 3 amide bonds.